The van der Waals surface area contributed by atoms with Gasteiger partial charge in [-0.15, -0.1) is 0 Å². The molecule has 0 amide bonds. The number of ether oxygens (including phenoxy) is 1. The van der Waals surface area contributed by atoms with E-state index < -0.39 is 0 Å². The van der Waals surface area contributed by atoms with E-state index in [4.69, 9.17) is 29.7 Å². The molecule has 8 heterocycles. The average molecular weight is 1740 g/mol. The van der Waals surface area contributed by atoms with Gasteiger partial charge in [0.05, 0.1) is 74.0 Å². The van der Waals surface area contributed by atoms with Gasteiger partial charge in [-0.2, -0.15) is 0 Å². The molecule has 616 valence electrons. The second-order valence-electron chi connectivity index (χ2n) is 31.5. The monoisotopic (exact) mass is 1740 g/mol. The van der Waals surface area contributed by atoms with Gasteiger partial charge < -0.3 is 29.2 Å². The second-order valence-corrected chi connectivity index (χ2v) is 35.8. The van der Waals surface area contributed by atoms with Crippen molar-refractivity contribution in [2.75, 3.05) is 24.5 Å². The van der Waals surface area contributed by atoms with Crippen molar-refractivity contribution in [2.24, 2.45) is 0 Å². The fourth-order valence-electron chi connectivity index (χ4n) is 17.3. The molecule has 0 fully saturated rings. The lowest BCUT2D eigenvalue weighted by Crippen LogP contribution is -2.17. The zero-order valence-corrected chi connectivity index (χ0v) is 73.2. The Morgan fingerprint density at radius 2 is 0.431 bits per heavy atom. The molecule has 0 bridgehead atoms. The van der Waals surface area contributed by atoms with Crippen LogP contribution in [-0.4, -0.2) is 24.9 Å². The third kappa shape index (κ3) is 15.4. The van der Waals surface area contributed by atoms with Crippen LogP contribution in [0.25, 0.3) is 79.1 Å². The van der Waals surface area contributed by atoms with E-state index in [1.165, 1.54) is 90.2 Å². The van der Waals surface area contributed by atoms with E-state index in [-0.39, 0.29) is 0 Å². The van der Waals surface area contributed by atoms with Gasteiger partial charge >= 0.3 is 0 Å². The Bertz CT molecular complexity index is 7120. The molecule has 3 aromatic heterocycles. The lowest BCUT2D eigenvalue weighted by atomic mass is 10.0. The number of hydrogen-bond donors (Lipinski definition) is 0. The number of pyridine rings is 2. The summed E-state index contributed by atoms with van der Waals surface area (Å²) in [6.07, 6.45) is 1.95. The highest BCUT2D eigenvalue weighted by Gasteiger charge is 2.33. The summed E-state index contributed by atoms with van der Waals surface area (Å²) in [6, 6.07) is 159. The molecule has 11 nitrogen and oxygen atoms in total. The van der Waals surface area contributed by atoms with Crippen molar-refractivity contribution in [1.82, 2.24) is 24.9 Å². The molecule has 20 aromatic rings. The smallest absolute Gasteiger partial charge is 0.164 e. The van der Waals surface area contributed by atoms with Crippen molar-refractivity contribution in [2.45, 2.75) is 39.2 Å². The number of fused-ring (bicyclic) bond motifs is 10. The van der Waals surface area contributed by atoms with E-state index in [2.05, 4.69) is 401 Å². The molecule has 0 unspecified atom stereocenters. The minimum atomic E-state index is 0.609. The van der Waals surface area contributed by atoms with Gasteiger partial charge in [0.25, 0.3) is 0 Å². The fourth-order valence-corrected chi connectivity index (χ4v) is 21.5. The topological polar surface area (TPSA) is 89.9 Å². The number of aromatic nitrogens is 5. The van der Waals surface area contributed by atoms with Crippen molar-refractivity contribution in [3.63, 3.8) is 0 Å². The maximum absolute atomic E-state index is 6.23. The van der Waals surface area contributed by atoms with Crippen LogP contribution >= 0.6 is 47.0 Å². The van der Waals surface area contributed by atoms with Crippen LogP contribution in [0.5, 0.6) is 11.5 Å². The predicted octanol–water partition coefficient (Wildman–Crippen LogP) is 33.0. The minimum Gasteiger partial charge on any atom is -0.453 e. The Kier molecular flexibility index (Phi) is 21.2. The number of rotatable bonds is 12. The standard InChI is InChI=1S/C45H29N5OS.C41H27N3S2.C29H20N2S/c1-2-12-30(13-3-1)43-46-44(31-22-26-33(27-23-31)49-35-14-4-8-18-39(35)51-40-19-9-5-15-36(40)49)48-45(47-43)32-24-28-34(29-25-32)50-37-16-6-10-20-41(37)52-42-21-11-7-17-38(42)50;1-2-13-28(14-3-1)32-15-12-16-33(42-32)29-25-30(43-34-17-4-8-21-38(34)45-39-22-9-5-18-35(39)43)27-31(26-29)44-36-19-6-10-23-40(36)46-41-24-11-7-20-37(41)44;1-2-8-21(9-3-1)23-16-19-25(30-20-23)22-14-17-24(18-15-22)31-26-10-4-6-12-28(26)32-29-13-7-5-11-27(29)31/h1-29H;1-27H;1-20H. The van der Waals surface area contributed by atoms with Crippen molar-refractivity contribution in [3.05, 3.63) is 461 Å². The molecule has 5 aliphatic rings. The second kappa shape index (κ2) is 34.9. The molecule has 17 aromatic carbocycles. The van der Waals surface area contributed by atoms with Gasteiger partial charge in [-0.25, -0.2) is 19.9 Å². The highest BCUT2D eigenvalue weighted by Crippen LogP contribution is 2.58. The quantitative estimate of drug-likeness (QED) is 0.116. The van der Waals surface area contributed by atoms with Gasteiger partial charge in [0, 0.05) is 113 Å². The Hall–Kier alpha value is -15.8. The predicted molar refractivity (Wildman–Crippen MR) is 536 cm³/mol. The van der Waals surface area contributed by atoms with Gasteiger partial charge in [0.1, 0.15) is 0 Å². The zero-order chi connectivity index (χ0) is 86.2. The first-order valence-corrected chi connectivity index (χ1v) is 46.3. The first-order valence-electron chi connectivity index (χ1n) is 43.1. The SMILES string of the molecule is c1ccc(-c2ccc(-c3ccc(N4c5ccccc5Sc5ccccc54)cc3)nc2)cc1.c1ccc(-c2cccc(-c3cc(N4c5ccccc5Sc5ccccc54)cc(N4c5ccccc5Sc5ccccc54)c3)n2)cc1.c1ccc(-c2nc(-c3ccc(N4c5ccccc5Oc5ccccc54)cc3)nc(-c3ccc(N4c5ccccc5Sc5ccccc54)cc3)n2)cc1. The zero-order valence-electron chi connectivity index (χ0n) is 69.9. The van der Waals surface area contributed by atoms with Crippen molar-refractivity contribution < 1.29 is 4.74 Å². The van der Waals surface area contributed by atoms with Crippen LogP contribution in [0.4, 0.5) is 85.3 Å². The van der Waals surface area contributed by atoms with Crippen LogP contribution in [0.15, 0.2) is 500 Å². The van der Waals surface area contributed by atoms with Crippen molar-refractivity contribution in [1.29, 1.82) is 0 Å². The van der Waals surface area contributed by atoms with Crippen LogP contribution in [0.1, 0.15) is 0 Å². The lowest BCUT2D eigenvalue weighted by Gasteiger charge is -2.36. The van der Waals surface area contributed by atoms with E-state index in [0.29, 0.717) is 17.5 Å². The summed E-state index contributed by atoms with van der Waals surface area (Å²) in [5, 5.41) is 0. The van der Waals surface area contributed by atoms with Crippen LogP contribution in [0.3, 0.4) is 0 Å². The number of nitrogens with zero attached hydrogens (tertiary/aromatic N) is 10. The largest absolute Gasteiger partial charge is 0.453 e. The van der Waals surface area contributed by atoms with Gasteiger partial charge in [-0.3, -0.25) is 4.98 Å². The molecule has 0 spiro atoms. The molecule has 15 heteroatoms. The third-order valence-corrected chi connectivity index (χ3v) is 27.9. The van der Waals surface area contributed by atoms with E-state index >= 15 is 0 Å². The van der Waals surface area contributed by atoms with Crippen LogP contribution in [0.2, 0.25) is 0 Å². The fraction of sp³-hybridized carbons (Fsp3) is 0. The van der Waals surface area contributed by atoms with Crippen molar-refractivity contribution >= 4 is 132 Å². The van der Waals surface area contributed by atoms with Gasteiger partial charge in [-0.05, 0) is 224 Å². The normalized spacial score (nSPS) is 12.6. The number of anilines is 15. The van der Waals surface area contributed by atoms with Crippen molar-refractivity contribution in [3.8, 4) is 90.6 Å². The third-order valence-electron chi connectivity index (χ3n) is 23.4. The molecule has 5 aliphatic heterocycles. The Morgan fingerprint density at radius 1 is 0.169 bits per heavy atom. The Labute approximate surface area is 771 Å². The van der Waals surface area contributed by atoms with Crippen LogP contribution in [0, 0.1) is 0 Å². The summed E-state index contributed by atoms with van der Waals surface area (Å²) in [7, 11) is 0. The molecule has 0 radical (unpaired) electrons. The van der Waals surface area contributed by atoms with Crippen LogP contribution < -0.4 is 29.2 Å². The molecule has 130 heavy (non-hydrogen) atoms. The van der Waals surface area contributed by atoms with Gasteiger partial charge in [0.2, 0.25) is 0 Å². The molecule has 0 aliphatic carbocycles. The molecule has 0 atom stereocenters. The summed E-state index contributed by atoms with van der Waals surface area (Å²) < 4.78 is 6.23. The Balaban J connectivity index is 0.000000114. The molecular formula is C115H76N10OS4. The highest BCUT2D eigenvalue weighted by molar-refractivity contribution is 8.00. The van der Waals surface area contributed by atoms with Gasteiger partial charge in [-0.1, -0.05) is 284 Å². The summed E-state index contributed by atoms with van der Waals surface area (Å²) >= 11 is 7.29. The van der Waals surface area contributed by atoms with Gasteiger partial charge in [0.15, 0.2) is 29.0 Å². The maximum Gasteiger partial charge on any atom is 0.164 e. The summed E-state index contributed by atoms with van der Waals surface area (Å²) in [5.41, 5.74) is 28.1. The molecule has 0 saturated carbocycles. The lowest BCUT2D eigenvalue weighted by molar-refractivity contribution is 0.477. The van der Waals surface area contributed by atoms with E-state index in [1.807, 2.05) is 120 Å². The minimum absolute atomic E-state index is 0.609. The number of para-hydroxylation sites is 12. The maximum atomic E-state index is 6.23. The van der Waals surface area contributed by atoms with E-state index in [9.17, 15) is 0 Å². The van der Waals surface area contributed by atoms with E-state index in [1.54, 1.807) is 11.8 Å². The summed E-state index contributed by atoms with van der Waals surface area (Å²) in [5.74, 6) is 3.49. The van der Waals surface area contributed by atoms with E-state index in [0.717, 1.165) is 107 Å². The highest BCUT2D eigenvalue weighted by atomic mass is 32.2. The number of hydrogen-bond acceptors (Lipinski definition) is 15. The summed E-state index contributed by atoms with van der Waals surface area (Å²) in [6.45, 7) is 0. The summed E-state index contributed by atoms with van der Waals surface area (Å²) in [4.78, 5) is 46.6. The average Bonchev–Trinajstić information content (AvgIpc) is 0.743. The first kappa shape index (κ1) is 78.9. The molecule has 0 saturated heterocycles. The molecule has 25 rings (SSSR count). The Morgan fingerprint density at radius 3 is 0.777 bits per heavy atom. The van der Waals surface area contributed by atoms with Crippen LogP contribution in [-0.2, 0) is 0 Å². The number of benzene rings is 17. The first-order chi connectivity index (χ1) is 64.4. The molecule has 0 N–H and O–H groups in total. The molecular weight excluding hydrogens is 1670 g/mol.